The van der Waals surface area contributed by atoms with Crippen molar-refractivity contribution in [2.24, 2.45) is 11.1 Å². The predicted molar refractivity (Wildman–Crippen MR) is 69.5 cm³/mol. The molecule has 0 aliphatic heterocycles. The van der Waals surface area contributed by atoms with Crippen molar-refractivity contribution in [3.05, 3.63) is 0 Å². The van der Waals surface area contributed by atoms with E-state index in [1.807, 2.05) is 0 Å². The molecular formula is C12H20N2O2S. The highest BCUT2D eigenvalue weighted by Gasteiger charge is 2.47. The minimum absolute atomic E-state index is 0.0813. The molecule has 2 atom stereocenters. The number of aliphatic hydroxyl groups excluding tert-OH is 1. The van der Waals surface area contributed by atoms with E-state index < -0.39 is 11.5 Å². The first-order valence-electron chi connectivity index (χ1n) is 6.35. The molecule has 96 valence electrons. The molecule has 0 bridgehead atoms. The maximum atomic E-state index is 12.2. The summed E-state index contributed by atoms with van der Waals surface area (Å²) in [4.78, 5) is 12.5. The molecule has 2 saturated carbocycles. The zero-order chi connectivity index (χ0) is 12.5. The highest BCUT2D eigenvalue weighted by molar-refractivity contribution is 7.80. The lowest BCUT2D eigenvalue weighted by atomic mass is 9.67. The fraction of sp³-hybridized carbons (Fsp3) is 0.833. The second-order valence-corrected chi connectivity index (χ2v) is 5.67. The third-order valence-electron chi connectivity index (χ3n) is 4.16. The SMILES string of the molecule is NC(=S)C1(C(=O)NC2CCCCC2O)CCC1. The van der Waals surface area contributed by atoms with Gasteiger partial charge in [-0.25, -0.2) is 0 Å². The number of nitrogens with two attached hydrogens (primary N) is 1. The summed E-state index contributed by atoms with van der Waals surface area (Å²) in [6.45, 7) is 0. The van der Waals surface area contributed by atoms with Gasteiger partial charge in [0.1, 0.15) is 0 Å². The van der Waals surface area contributed by atoms with Crippen molar-refractivity contribution >= 4 is 23.1 Å². The lowest BCUT2D eigenvalue weighted by Crippen LogP contribution is -2.57. The summed E-state index contributed by atoms with van der Waals surface area (Å²) in [7, 11) is 0. The molecule has 2 fully saturated rings. The molecule has 2 aliphatic rings. The molecule has 0 heterocycles. The quantitative estimate of drug-likeness (QED) is 0.655. The molecule has 2 unspecified atom stereocenters. The van der Waals surface area contributed by atoms with Crippen LogP contribution in [0.1, 0.15) is 44.9 Å². The van der Waals surface area contributed by atoms with Gasteiger partial charge in [-0.05, 0) is 25.7 Å². The van der Waals surface area contributed by atoms with Gasteiger partial charge in [-0.15, -0.1) is 0 Å². The van der Waals surface area contributed by atoms with Crippen LogP contribution in [0.25, 0.3) is 0 Å². The molecule has 4 N–H and O–H groups in total. The Balaban J connectivity index is 1.98. The van der Waals surface area contributed by atoms with E-state index >= 15 is 0 Å². The summed E-state index contributed by atoms with van der Waals surface area (Å²) >= 11 is 5.01. The topological polar surface area (TPSA) is 75.4 Å². The smallest absolute Gasteiger partial charge is 0.233 e. The second-order valence-electron chi connectivity index (χ2n) is 5.23. The molecule has 0 aromatic carbocycles. The molecule has 0 aromatic rings. The third-order valence-corrected chi connectivity index (χ3v) is 4.55. The summed E-state index contributed by atoms with van der Waals surface area (Å²) < 4.78 is 0. The van der Waals surface area contributed by atoms with Gasteiger partial charge < -0.3 is 16.2 Å². The van der Waals surface area contributed by atoms with E-state index in [-0.39, 0.29) is 11.9 Å². The van der Waals surface area contributed by atoms with Gasteiger partial charge in [-0.2, -0.15) is 0 Å². The van der Waals surface area contributed by atoms with Crippen molar-refractivity contribution in [3.8, 4) is 0 Å². The van der Waals surface area contributed by atoms with Gasteiger partial charge in [-0.3, -0.25) is 4.79 Å². The summed E-state index contributed by atoms with van der Waals surface area (Å²) in [5.74, 6) is -0.0813. The standard InChI is InChI=1S/C12H20N2O2S/c13-10(17)12(6-3-7-12)11(16)14-8-4-1-2-5-9(8)15/h8-9,15H,1-7H2,(H2,13,17)(H,14,16). The number of carbonyl (C=O) groups is 1. The molecule has 0 radical (unpaired) electrons. The molecule has 2 rings (SSSR count). The van der Waals surface area contributed by atoms with Crippen LogP contribution in [0.5, 0.6) is 0 Å². The van der Waals surface area contributed by atoms with Gasteiger partial charge in [-0.1, -0.05) is 31.5 Å². The van der Waals surface area contributed by atoms with Gasteiger partial charge >= 0.3 is 0 Å². The van der Waals surface area contributed by atoms with Crippen LogP contribution in [0.4, 0.5) is 0 Å². The zero-order valence-corrected chi connectivity index (χ0v) is 10.8. The Morgan fingerprint density at radius 1 is 1.29 bits per heavy atom. The number of hydrogen-bond donors (Lipinski definition) is 3. The van der Waals surface area contributed by atoms with Crippen molar-refractivity contribution in [2.45, 2.75) is 57.1 Å². The second kappa shape index (κ2) is 4.90. The summed E-state index contributed by atoms with van der Waals surface area (Å²) in [5.41, 5.74) is 5.05. The lowest BCUT2D eigenvalue weighted by molar-refractivity contribution is -0.132. The zero-order valence-electron chi connectivity index (χ0n) is 9.95. The molecule has 2 aliphatic carbocycles. The number of amides is 1. The molecule has 0 saturated heterocycles. The molecule has 5 heteroatoms. The Kier molecular flexibility index (Phi) is 3.68. The number of carbonyl (C=O) groups excluding carboxylic acids is 1. The van der Waals surface area contributed by atoms with Crippen LogP contribution < -0.4 is 11.1 Å². The van der Waals surface area contributed by atoms with E-state index in [0.717, 1.165) is 44.9 Å². The molecule has 4 nitrogen and oxygen atoms in total. The van der Waals surface area contributed by atoms with E-state index in [2.05, 4.69) is 5.32 Å². The minimum Gasteiger partial charge on any atom is -0.392 e. The first kappa shape index (κ1) is 12.8. The van der Waals surface area contributed by atoms with Crippen LogP contribution >= 0.6 is 12.2 Å². The summed E-state index contributed by atoms with van der Waals surface area (Å²) in [6, 6.07) is -0.122. The first-order chi connectivity index (χ1) is 8.06. The van der Waals surface area contributed by atoms with E-state index in [9.17, 15) is 9.90 Å². The van der Waals surface area contributed by atoms with Crippen LogP contribution in [-0.2, 0) is 4.79 Å². The van der Waals surface area contributed by atoms with Gasteiger partial charge in [0.15, 0.2) is 0 Å². The van der Waals surface area contributed by atoms with Crippen molar-refractivity contribution in [1.29, 1.82) is 0 Å². The number of nitrogens with one attached hydrogen (secondary N) is 1. The van der Waals surface area contributed by atoms with Crippen molar-refractivity contribution in [3.63, 3.8) is 0 Å². The Bertz CT molecular complexity index is 328. The largest absolute Gasteiger partial charge is 0.392 e. The number of rotatable bonds is 3. The average Bonchev–Trinajstić information content (AvgIpc) is 2.19. The highest BCUT2D eigenvalue weighted by atomic mass is 32.1. The molecular weight excluding hydrogens is 236 g/mol. The van der Waals surface area contributed by atoms with Crippen LogP contribution in [-0.4, -0.2) is 28.1 Å². The van der Waals surface area contributed by atoms with Crippen molar-refractivity contribution in [1.82, 2.24) is 5.32 Å². The molecule has 0 spiro atoms. The Morgan fingerprint density at radius 3 is 2.41 bits per heavy atom. The normalized spacial score (nSPS) is 31.4. The number of aliphatic hydroxyl groups is 1. The van der Waals surface area contributed by atoms with Gasteiger partial charge in [0.05, 0.1) is 22.5 Å². The van der Waals surface area contributed by atoms with Gasteiger partial charge in [0.25, 0.3) is 0 Å². The Hall–Kier alpha value is -0.680. The van der Waals surface area contributed by atoms with Crippen LogP contribution in [0.15, 0.2) is 0 Å². The molecule has 1 amide bonds. The lowest BCUT2D eigenvalue weighted by Gasteiger charge is -2.41. The van der Waals surface area contributed by atoms with Crippen LogP contribution in [0.2, 0.25) is 0 Å². The van der Waals surface area contributed by atoms with E-state index in [1.165, 1.54) is 0 Å². The van der Waals surface area contributed by atoms with E-state index in [4.69, 9.17) is 18.0 Å². The Labute approximate surface area is 107 Å². The van der Waals surface area contributed by atoms with Crippen molar-refractivity contribution < 1.29 is 9.90 Å². The maximum Gasteiger partial charge on any atom is 0.233 e. The average molecular weight is 256 g/mol. The fourth-order valence-corrected chi connectivity index (χ4v) is 3.00. The van der Waals surface area contributed by atoms with E-state index in [1.54, 1.807) is 0 Å². The number of hydrogen-bond acceptors (Lipinski definition) is 3. The summed E-state index contributed by atoms with van der Waals surface area (Å²) in [5, 5.41) is 12.8. The highest BCUT2D eigenvalue weighted by Crippen LogP contribution is 2.41. The first-order valence-corrected chi connectivity index (χ1v) is 6.76. The van der Waals surface area contributed by atoms with Crippen LogP contribution in [0.3, 0.4) is 0 Å². The minimum atomic E-state index is -0.632. The molecule has 17 heavy (non-hydrogen) atoms. The predicted octanol–water partition coefficient (Wildman–Crippen LogP) is 0.862. The molecule has 0 aromatic heterocycles. The van der Waals surface area contributed by atoms with Gasteiger partial charge in [0.2, 0.25) is 5.91 Å². The van der Waals surface area contributed by atoms with Gasteiger partial charge in [0, 0.05) is 0 Å². The summed E-state index contributed by atoms with van der Waals surface area (Å²) in [6.07, 6.45) is 5.78. The fourth-order valence-electron chi connectivity index (χ4n) is 2.70. The maximum absolute atomic E-state index is 12.2. The Morgan fingerprint density at radius 2 is 1.94 bits per heavy atom. The monoisotopic (exact) mass is 256 g/mol. The van der Waals surface area contributed by atoms with E-state index in [0.29, 0.717) is 4.99 Å². The van der Waals surface area contributed by atoms with Crippen LogP contribution in [0, 0.1) is 5.41 Å². The number of thiocarbonyl (C=S) groups is 1. The third kappa shape index (κ3) is 2.31. The van der Waals surface area contributed by atoms with Crippen molar-refractivity contribution in [2.75, 3.05) is 0 Å².